The molecule has 0 heterocycles. The zero-order valence-electron chi connectivity index (χ0n) is 12.0. The van der Waals surface area contributed by atoms with Crippen LogP contribution in [-0.4, -0.2) is 20.1 Å². The summed E-state index contributed by atoms with van der Waals surface area (Å²) in [5.41, 5.74) is 1.72. The van der Waals surface area contributed by atoms with Crippen molar-refractivity contribution < 1.29 is 13.2 Å². The third-order valence-electron chi connectivity index (χ3n) is 3.14. The van der Waals surface area contributed by atoms with Crippen molar-refractivity contribution in [2.75, 3.05) is 11.1 Å². The normalized spacial score (nSPS) is 11.2. The van der Waals surface area contributed by atoms with Gasteiger partial charge in [0.1, 0.15) is 5.75 Å². The van der Waals surface area contributed by atoms with Crippen LogP contribution >= 0.6 is 11.6 Å². The molecule has 1 N–H and O–H groups in total. The summed E-state index contributed by atoms with van der Waals surface area (Å²) in [6.45, 7) is 2.03. The van der Waals surface area contributed by atoms with E-state index in [2.05, 4.69) is 5.32 Å². The molecule has 0 unspecified atom stereocenters. The van der Waals surface area contributed by atoms with Crippen LogP contribution in [0.3, 0.4) is 0 Å². The van der Waals surface area contributed by atoms with Gasteiger partial charge in [0, 0.05) is 10.7 Å². The Hall–Kier alpha value is -1.85. The second kappa shape index (κ2) is 6.94. The van der Waals surface area contributed by atoms with Crippen LogP contribution in [0.5, 0.6) is 0 Å². The first-order valence-corrected chi connectivity index (χ1v) is 8.81. The first-order chi connectivity index (χ1) is 10.4. The number of anilines is 1. The SMILES string of the molecule is CCc1ccc(NC(=O)CS(=O)(=O)c2ccc(Cl)cc2)cc1. The maximum absolute atomic E-state index is 12.1. The first kappa shape index (κ1) is 16.5. The van der Waals surface area contributed by atoms with E-state index in [1.807, 2.05) is 19.1 Å². The highest BCUT2D eigenvalue weighted by Gasteiger charge is 2.19. The Morgan fingerprint density at radius 2 is 1.64 bits per heavy atom. The molecule has 0 aliphatic heterocycles. The lowest BCUT2D eigenvalue weighted by Gasteiger charge is -2.07. The van der Waals surface area contributed by atoms with Gasteiger partial charge in [0.25, 0.3) is 0 Å². The number of aryl methyl sites for hydroxylation is 1. The number of hydrogen-bond donors (Lipinski definition) is 1. The topological polar surface area (TPSA) is 63.2 Å². The highest BCUT2D eigenvalue weighted by molar-refractivity contribution is 7.92. The molecule has 0 aliphatic carbocycles. The molecule has 0 aromatic heterocycles. The number of hydrogen-bond acceptors (Lipinski definition) is 3. The van der Waals surface area contributed by atoms with E-state index in [1.54, 1.807) is 12.1 Å². The molecule has 2 aromatic rings. The summed E-state index contributed by atoms with van der Waals surface area (Å²) >= 11 is 5.73. The molecule has 0 spiro atoms. The molecule has 0 saturated heterocycles. The third kappa shape index (κ3) is 4.32. The molecule has 2 rings (SSSR count). The van der Waals surface area contributed by atoms with Gasteiger partial charge in [0.15, 0.2) is 9.84 Å². The van der Waals surface area contributed by atoms with Crippen LogP contribution in [-0.2, 0) is 21.1 Å². The number of sulfone groups is 1. The van der Waals surface area contributed by atoms with Crippen LogP contribution < -0.4 is 5.32 Å². The lowest BCUT2D eigenvalue weighted by atomic mass is 10.1. The van der Waals surface area contributed by atoms with Crippen molar-refractivity contribution in [2.24, 2.45) is 0 Å². The van der Waals surface area contributed by atoms with Gasteiger partial charge in [-0.1, -0.05) is 30.7 Å². The minimum absolute atomic E-state index is 0.0772. The van der Waals surface area contributed by atoms with E-state index in [0.717, 1.165) is 12.0 Å². The molecule has 1 amide bonds. The lowest BCUT2D eigenvalue weighted by molar-refractivity contribution is -0.113. The molecule has 0 atom stereocenters. The number of benzene rings is 2. The number of halogens is 1. The van der Waals surface area contributed by atoms with E-state index in [-0.39, 0.29) is 4.90 Å². The van der Waals surface area contributed by atoms with Crippen molar-refractivity contribution in [3.05, 3.63) is 59.1 Å². The number of carbonyl (C=O) groups is 1. The van der Waals surface area contributed by atoms with E-state index in [0.29, 0.717) is 10.7 Å². The summed E-state index contributed by atoms with van der Waals surface area (Å²) in [4.78, 5) is 12.0. The smallest absolute Gasteiger partial charge is 0.239 e. The summed E-state index contributed by atoms with van der Waals surface area (Å²) in [6, 6.07) is 13.0. The minimum Gasteiger partial charge on any atom is -0.325 e. The second-order valence-corrected chi connectivity index (χ2v) is 7.24. The van der Waals surface area contributed by atoms with Gasteiger partial charge in [-0.3, -0.25) is 4.79 Å². The maximum Gasteiger partial charge on any atom is 0.239 e. The second-order valence-electron chi connectivity index (χ2n) is 4.81. The highest BCUT2D eigenvalue weighted by atomic mass is 35.5. The molecule has 0 bridgehead atoms. The molecule has 6 heteroatoms. The van der Waals surface area contributed by atoms with Crippen molar-refractivity contribution in [3.8, 4) is 0 Å². The Kier molecular flexibility index (Phi) is 5.21. The van der Waals surface area contributed by atoms with Gasteiger partial charge in [0.05, 0.1) is 4.90 Å². The van der Waals surface area contributed by atoms with Crippen molar-refractivity contribution in [1.82, 2.24) is 0 Å². The van der Waals surface area contributed by atoms with Crippen molar-refractivity contribution >= 4 is 33.0 Å². The molecule has 22 heavy (non-hydrogen) atoms. The van der Waals surface area contributed by atoms with Gasteiger partial charge in [-0.2, -0.15) is 0 Å². The molecule has 0 aliphatic rings. The Morgan fingerprint density at radius 1 is 1.05 bits per heavy atom. The van der Waals surface area contributed by atoms with Gasteiger partial charge in [-0.05, 0) is 48.4 Å². The largest absolute Gasteiger partial charge is 0.325 e. The molecule has 116 valence electrons. The summed E-state index contributed by atoms with van der Waals surface area (Å²) in [5.74, 6) is -1.18. The molecular formula is C16H16ClNO3S. The quantitative estimate of drug-likeness (QED) is 0.910. The Balaban J connectivity index is 2.05. The van der Waals surface area contributed by atoms with E-state index in [4.69, 9.17) is 11.6 Å². The fourth-order valence-electron chi connectivity index (χ4n) is 1.92. The third-order valence-corrected chi connectivity index (χ3v) is 5.02. The van der Waals surface area contributed by atoms with Crippen molar-refractivity contribution in [2.45, 2.75) is 18.2 Å². The van der Waals surface area contributed by atoms with Crippen molar-refractivity contribution in [1.29, 1.82) is 0 Å². The van der Waals surface area contributed by atoms with Crippen LogP contribution in [0, 0.1) is 0 Å². The Bertz CT molecular complexity index is 753. The van der Waals surface area contributed by atoms with Gasteiger partial charge >= 0.3 is 0 Å². The molecule has 2 aromatic carbocycles. The Morgan fingerprint density at radius 3 is 2.18 bits per heavy atom. The standard InChI is InChI=1S/C16H16ClNO3S/c1-2-12-3-7-14(8-4-12)18-16(19)11-22(20,21)15-9-5-13(17)6-10-15/h3-10H,2,11H2,1H3,(H,18,19). The van der Waals surface area contributed by atoms with E-state index < -0.39 is 21.5 Å². The van der Waals surface area contributed by atoms with E-state index in [9.17, 15) is 13.2 Å². The molecule has 0 fully saturated rings. The summed E-state index contributed by atoms with van der Waals surface area (Å²) in [6.07, 6.45) is 0.902. The highest BCUT2D eigenvalue weighted by Crippen LogP contribution is 2.16. The fourth-order valence-corrected chi connectivity index (χ4v) is 3.18. The summed E-state index contributed by atoms with van der Waals surface area (Å²) < 4.78 is 24.3. The van der Waals surface area contributed by atoms with Crippen LogP contribution in [0.25, 0.3) is 0 Å². The van der Waals surface area contributed by atoms with Gasteiger partial charge < -0.3 is 5.32 Å². The summed E-state index contributed by atoms with van der Waals surface area (Å²) in [5, 5.41) is 3.03. The molecule has 0 radical (unpaired) electrons. The lowest BCUT2D eigenvalue weighted by Crippen LogP contribution is -2.23. The molecule has 0 saturated carbocycles. The average molecular weight is 338 g/mol. The first-order valence-electron chi connectivity index (χ1n) is 6.78. The van der Waals surface area contributed by atoms with Crippen LogP contribution in [0.2, 0.25) is 5.02 Å². The Labute approximate surface area is 135 Å². The van der Waals surface area contributed by atoms with Crippen LogP contribution in [0.1, 0.15) is 12.5 Å². The number of carbonyl (C=O) groups excluding carboxylic acids is 1. The van der Waals surface area contributed by atoms with Gasteiger partial charge in [0.2, 0.25) is 5.91 Å². The minimum atomic E-state index is -3.68. The molecule has 4 nitrogen and oxygen atoms in total. The van der Waals surface area contributed by atoms with E-state index in [1.165, 1.54) is 24.3 Å². The predicted octanol–water partition coefficient (Wildman–Crippen LogP) is 3.31. The molecular weight excluding hydrogens is 322 g/mol. The van der Waals surface area contributed by atoms with Gasteiger partial charge in [-0.15, -0.1) is 0 Å². The zero-order valence-corrected chi connectivity index (χ0v) is 13.6. The fraction of sp³-hybridized carbons (Fsp3) is 0.188. The average Bonchev–Trinajstić information content (AvgIpc) is 2.48. The van der Waals surface area contributed by atoms with Gasteiger partial charge in [-0.25, -0.2) is 8.42 Å². The predicted molar refractivity (Wildman–Crippen MR) is 88.0 cm³/mol. The summed E-state index contributed by atoms with van der Waals surface area (Å²) in [7, 11) is -3.68. The monoisotopic (exact) mass is 337 g/mol. The van der Waals surface area contributed by atoms with E-state index >= 15 is 0 Å². The number of amides is 1. The maximum atomic E-state index is 12.1. The van der Waals surface area contributed by atoms with Crippen LogP contribution in [0.15, 0.2) is 53.4 Å². The number of rotatable bonds is 5. The number of nitrogens with one attached hydrogen (secondary N) is 1. The zero-order chi connectivity index (χ0) is 16.2. The van der Waals surface area contributed by atoms with Crippen LogP contribution in [0.4, 0.5) is 5.69 Å². The van der Waals surface area contributed by atoms with Crippen molar-refractivity contribution in [3.63, 3.8) is 0 Å².